The van der Waals surface area contributed by atoms with E-state index in [1.54, 1.807) is 0 Å². The Morgan fingerprint density at radius 1 is 1.15 bits per heavy atom. The summed E-state index contributed by atoms with van der Waals surface area (Å²) in [5.74, 6) is -0.957. The van der Waals surface area contributed by atoms with Gasteiger partial charge in [-0.1, -0.05) is 0 Å². The Kier molecular flexibility index (Phi) is 5.30. The third kappa shape index (κ3) is 3.66. The van der Waals surface area contributed by atoms with Crippen LogP contribution in [0.25, 0.3) is 0 Å². The van der Waals surface area contributed by atoms with Gasteiger partial charge in [-0.05, 0) is 52.4 Å². The highest BCUT2D eigenvalue weighted by molar-refractivity contribution is 5.62. The van der Waals surface area contributed by atoms with Gasteiger partial charge < -0.3 is 14.4 Å². The first-order valence-electron chi connectivity index (χ1n) is 10.3. The van der Waals surface area contributed by atoms with Crippen molar-refractivity contribution in [1.29, 1.82) is 0 Å². The van der Waals surface area contributed by atoms with Crippen molar-refractivity contribution in [1.82, 2.24) is 4.90 Å². The molecular formula is C21H30F2N2O2. The Balaban J connectivity index is 1.37. The molecule has 0 atom stereocenters. The molecule has 3 aliphatic rings. The molecule has 4 nitrogen and oxygen atoms in total. The van der Waals surface area contributed by atoms with Crippen molar-refractivity contribution in [2.45, 2.75) is 70.1 Å². The first-order chi connectivity index (χ1) is 13.0. The lowest BCUT2D eigenvalue weighted by molar-refractivity contribution is -0.0252. The van der Waals surface area contributed by atoms with Crippen LogP contribution in [0.15, 0.2) is 12.1 Å². The maximum absolute atomic E-state index is 13.9. The Morgan fingerprint density at radius 3 is 2.52 bits per heavy atom. The van der Waals surface area contributed by atoms with Gasteiger partial charge in [0, 0.05) is 43.4 Å². The zero-order chi connectivity index (χ0) is 19.0. The molecule has 1 aliphatic carbocycles. The molecule has 0 N–H and O–H groups in total. The first-order valence-corrected chi connectivity index (χ1v) is 10.3. The monoisotopic (exact) mass is 380 g/mol. The number of nitrogens with zero attached hydrogens (tertiary/aromatic N) is 2. The van der Waals surface area contributed by atoms with Crippen LogP contribution in [0.3, 0.4) is 0 Å². The molecule has 0 amide bonds. The topological polar surface area (TPSA) is 24.9 Å². The number of hydrogen-bond donors (Lipinski definition) is 0. The molecule has 1 aromatic carbocycles. The average molecular weight is 380 g/mol. The van der Waals surface area contributed by atoms with Gasteiger partial charge in [-0.2, -0.15) is 0 Å². The van der Waals surface area contributed by atoms with Gasteiger partial charge in [0.05, 0.1) is 11.8 Å². The fourth-order valence-corrected chi connectivity index (χ4v) is 5.06. The van der Waals surface area contributed by atoms with Crippen molar-refractivity contribution < 1.29 is 18.3 Å². The second-order valence-electron chi connectivity index (χ2n) is 8.35. The zero-order valence-corrected chi connectivity index (χ0v) is 16.3. The number of anilines is 1. The largest absolute Gasteiger partial charge is 0.468 e. The molecule has 0 spiro atoms. The minimum Gasteiger partial charge on any atom is -0.468 e. The van der Waals surface area contributed by atoms with E-state index in [1.807, 2.05) is 4.90 Å². The first kappa shape index (κ1) is 18.9. The molecule has 6 heteroatoms. The van der Waals surface area contributed by atoms with Crippen molar-refractivity contribution >= 4 is 5.69 Å². The number of halogens is 2. The van der Waals surface area contributed by atoms with E-state index >= 15 is 0 Å². The standard InChI is InChI=1S/C21H30F2N2O2/c1-3-26-17-4-8-21(2,9-5-17)24-10-6-16(7-11-24)25-14-27-20-18(23)12-15(22)13-19(20)25/h12-13,16-17H,3-11,14H2,1-2H3. The molecule has 2 heterocycles. The third-order valence-corrected chi connectivity index (χ3v) is 6.73. The molecule has 1 aromatic rings. The number of rotatable bonds is 4. The number of fused-ring (bicyclic) bond motifs is 1. The Hall–Kier alpha value is -1.40. The van der Waals surface area contributed by atoms with Crippen LogP contribution in [0.1, 0.15) is 52.4 Å². The van der Waals surface area contributed by atoms with E-state index in [4.69, 9.17) is 9.47 Å². The van der Waals surface area contributed by atoms with Gasteiger partial charge in [0.1, 0.15) is 5.82 Å². The van der Waals surface area contributed by atoms with Crippen molar-refractivity contribution in [3.05, 3.63) is 23.8 Å². The van der Waals surface area contributed by atoms with E-state index in [2.05, 4.69) is 18.7 Å². The maximum atomic E-state index is 13.9. The van der Waals surface area contributed by atoms with Gasteiger partial charge >= 0.3 is 0 Å². The summed E-state index contributed by atoms with van der Waals surface area (Å²) in [5.41, 5.74) is 0.810. The van der Waals surface area contributed by atoms with Crippen molar-refractivity contribution in [2.24, 2.45) is 0 Å². The van der Waals surface area contributed by atoms with E-state index in [0.717, 1.165) is 51.4 Å². The van der Waals surface area contributed by atoms with Crippen LogP contribution >= 0.6 is 0 Å². The zero-order valence-electron chi connectivity index (χ0n) is 16.3. The number of piperidine rings is 1. The Bertz CT molecular complexity index is 668. The molecular weight excluding hydrogens is 350 g/mol. The van der Waals surface area contributed by atoms with Gasteiger partial charge in [0.25, 0.3) is 0 Å². The number of likely N-dealkylation sites (tertiary alicyclic amines) is 1. The van der Waals surface area contributed by atoms with Crippen molar-refractivity contribution in [2.75, 3.05) is 31.3 Å². The number of ether oxygens (including phenoxy) is 2. The molecule has 0 aromatic heterocycles. The van der Waals surface area contributed by atoms with Gasteiger partial charge in [-0.15, -0.1) is 0 Å². The van der Waals surface area contributed by atoms with Crippen LogP contribution in [0.4, 0.5) is 14.5 Å². The van der Waals surface area contributed by atoms with E-state index < -0.39 is 11.6 Å². The fourth-order valence-electron chi connectivity index (χ4n) is 5.06. The quantitative estimate of drug-likeness (QED) is 0.777. The summed E-state index contributed by atoms with van der Waals surface area (Å²) in [6.45, 7) is 7.60. The predicted octanol–water partition coefficient (Wildman–Crippen LogP) is 4.32. The van der Waals surface area contributed by atoms with Crippen LogP contribution < -0.4 is 9.64 Å². The summed E-state index contributed by atoms with van der Waals surface area (Å²) in [6, 6.07) is 2.56. The van der Waals surface area contributed by atoms with E-state index in [1.165, 1.54) is 18.9 Å². The SMILES string of the molecule is CCOC1CCC(C)(N2CCC(N3COc4c(F)cc(F)cc43)CC2)CC1. The summed E-state index contributed by atoms with van der Waals surface area (Å²) in [5, 5.41) is 0. The highest BCUT2D eigenvalue weighted by Gasteiger charge is 2.40. The predicted molar refractivity (Wildman–Crippen MR) is 101 cm³/mol. The highest BCUT2D eigenvalue weighted by Crippen LogP contribution is 2.41. The van der Waals surface area contributed by atoms with Crippen LogP contribution in [-0.2, 0) is 4.74 Å². The highest BCUT2D eigenvalue weighted by atomic mass is 19.1. The normalized spacial score (nSPS) is 29.6. The van der Waals surface area contributed by atoms with E-state index in [9.17, 15) is 8.78 Å². The van der Waals surface area contributed by atoms with Gasteiger partial charge in [0.15, 0.2) is 18.3 Å². The summed E-state index contributed by atoms with van der Waals surface area (Å²) < 4.78 is 38.9. The Morgan fingerprint density at radius 2 is 1.85 bits per heavy atom. The molecule has 2 fully saturated rings. The van der Waals surface area contributed by atoms with Crippen molar-refractivity contribution in [3.63, 3.8) is 0 Å². The molecule has 0 radical (unpaired) electrons. The van der Waals surface area contributed by atoms with Crippen LogP contribution in [0.2, 0.25) is 0 Å². The summed E-state index contributed by atoms with van der Waals surface area (Å²) >= 11 is 0. The molecule has 4 rings (SSSR count). The lowest BCUT2D eigenvalue weighted by Gasteiger charge is -2.49. The third-order valence-electron chi connectivity index (χ3n) is 6.73. The molecule has 0 bridgehead atoms. The minimum atomic E-state index is -0.608. The average Bonchev–Trinajstić information content (AvgIpc) is 3.08. The maximum Gasteiger partial charge on any atom is 0.181 e. The summed E-state index contributed by atoms with van der Waals surface area (Å²) in [4.78, 5) is 4.66. The van der Waals surface area contributed by atoms with Crippen LogP contribution in [0.5, 0.6) is 5.75 Å². The van der Waals surface area contributed by atoms with Gasteiger partial charge in [-0.3, -0.25) is 4.90 Å². The molecule has 0 unspecified atom stereocenters. The molecule has 1 saturated heterocycles. The lowest BCUT2D eigenvalue weighted by Crippen LogP contribution is -2.55. The van der Waals surface area contributed by atoms with E-state index in [0.29, 0.717) is 18.5 Å². The van der Waals surface area contributed by atoms with Gasteiger partial charge in [-0.25, -0.2) is 8.78 Å². The smallest absolute Gasteiger partial charge is 0.181 e. The molecule has 150 valence electrons. The van der Waals surface area contributed by atoms with Gasteiger partial charge in [0.2, 0.25) is 0 Å². The lowest BCUT2D eigenvalue weighted by atomic mass is 9.79. The van der Waals surface area contributed by atoms with Crippen molar-refractivity contribution in [3.8, 4) is 5.75 Å². The number of benzene rings is 1. The minimum absolute atomic E-state index is 0.194. The van der Waals surface area contributed by atoms with Crippen LogP contribution in [0, 0.1) is 11.6 Å². The summed E-state index contributed by atoms with van der Waals surface area (Å²) in [7, 11) is 0. The van der Waals surface area contributed by atoms with E-state index in [-0.39, 0.29) is 17.3 Å². The second-order valence-corrected chi connectivity index (χ2v) is 8.35. The molecule has 2 aliphatic heterocycles. The van der Waals surface area contributed by atoms with Crippen LogP contribution in [-0.4, -0.2) is 49.0 Å². The Labute approximate surface area is 160 Å². The molecule has 27 heavy (non-hydrogen) atoms. The fraction of sp³-hybridized carbons (Fsp3) is 0.714. The molecule has 1 saturated carbocycles. The second kappa shape index (κ2) is 7.55. The number of hydrogen-bond acceptors (Lipinski definition) is 4. The summed E-state index contributed by atoms with van der Waals surface area (Å²) in [6.07, 6.45) is 7.02.